The van der Waals surface area contributed by atoms with Gasteiger partial charge in [-0.1, -0.05) is 76.9 Å². The van der Waals surface area contributed by atoms with Crippen molar-refractivity contribution in [2.75, 3.05) is 19.8 Å². The van der Waals surface area contributed by atoms with Crippen molar-refractivity contribution >= 4 is 11.9 Å². The van der Waals surface area contributed by atoms with Crippen LogP contribution in [0.2, 0.25) is 0 Å². The summed E-state index contributed by atoms with van der Waals surface area (Å²) in [6, 6.07) is 0. The predicted molar refractivity (Wildman–Crippen MR) is 141 cm³/mol. The Bertz CT molecular complexity index is 602. The summed E-state index contributed by atoms with van der Waals surface area (Å²) in [5.74, 6) is -1.87. The van der Waals surface area contributed by atoms with E-state index in [1.807, 2.05) is 0 Å². The van der Waals surface area contributed by atoms with Crippen LogP contribution >= 0.6 is 0 Å². The lowest BCUT2D eigenvalue weighted by molar-refractivity contribution is -0.158. The Labute approximate surface area is 221 Å². The number of aliphatic hydroxyl groups is 6. The van der Waals surface area contributed by atoms with Crippen molar-refractivity contribution in [3.8, 4) is 0 Å². The van der Waals surface area contributed by atoms with Crippen LogP contribution in [0.4, 0.5) is 0 Å². The Morgan fingerprint density at radius 1 is 0.730 bits per heavy atom. The molecule has 0 radical (unpaired) electrons. The second-order valence-corrected chi connectivity index (χ2v) is 9.54. The molecule has 5 atom stereocenters. The first-order valence-electron chi connectivity index (χ1n) is 13.9. The van der Waals surface area contributed by atoms with E-state index in [2.05, 4.69) is 24.4 Å². The van der Waals surface area contributed by atoms with Crippen LogP contribution in [-0.4, -0.2) is 92.8 Å². The van der Waals surface area contributed by atoms with E-state index < -0.39 is 55.5 Å². The van der Waals surface area contributed by atoms with Crippen LogP contribution in [0.25, 0.3) is 0 Å². The van der Waals surface area contributed by atoms with Gasteiger partial charge in [0.2, 0.25) is 0 Å². The zero-order valence-corrected chi connectivity index (χ0v) is 22.5. The van der Waals surface area contributed by atoms with Crippen molar-refractivity contribution in [2.45, 2.75) is 127 Å². The third-order valence-electron chi connectivity index (χ3n) is 6.20. The second-order valence-electron chi connectivity index (χ2n) is 9.54. The van der Waals surface area contributed by atoms with E-state index in [-0.39, 0.29) is 6.61 Å². The molecule has 7 N–H and O–H groups in total. The van der Waals surface area contributed by atoms with Crippen LogP contribution in [0.3, 0.4) is 0 Å². The third-order valence-corrected chi connectivity index (χ3v) is 6.20. The molecule has 0 aliphatic rings. The van der Waals surface area contributed by atoms with Gasteiger partial charge >= 0.3 is 5.97 Å². The van der Waals surface area contributed by atoms with Crippen LogP contribution in [0.1, 0.15) is 96.8 Å². The Morgan fingerprint density at radius 2 is 1.24 bits per heavy atom. The smallest absolute Gasteiger partial charge is 0.325 e. The predicted octanol–water partition coefficient (Wildman–Crippen LogP) is 1.48. The fourth-order valence-electron chi connectivity index (χ4n) is 3.73. The number of amides is 1. The fourth-order valence-corrected chi connectivity index (χ4v) is 3.73. The SMILES string of the molecule is CCCCCCCC/C=C\CCCCCCCCOC(=O)CNC(=O)[C@@H](O)[C@H](O)[C@@H](O)[C@@H](O)[C@@H](O)CO. The number of rotatable bonds is 24. The van der Waals surface area contributed by atoms with E-state index in [4.69, 9.17) is 9.84 Å². The Balaban J connectivity index is 3.71. The molecule has 218 valence electrons. The van der Waals surface area contributed by atoms with E-state index in [1.165, 1.54) is 57.8 Å². The quantitative estimate of drug-likeness (QED) is 0.0550. The van der Waals surface area contributed by atoms with Gasteiger partial charge in [0.15, 0.2) is 6.10 Å². The third kappa shape index (κ3) is 18.4. The summed E-state index contributed by atoms with van der Waals surface area (Å²) >= 11 is 0. The highest BCUT2D eigenvalue weighted by Gasteiger charge is 2.37. The number of ether oxygens (including phenoxy) is 1. The normalized spacial score (nSPS) is 15.8. The number of unbranched alkanes of at least 4 members (excludes halogenated alkanes) is 12. The highest BCUT2D eigenvalue weighted by molar-refractivity contribution is 5.85. The van der Waals surface area contributed by atoms with Crippen molar-refractivity contribution < 1.29 is 45.0 Å². The van der Waals surface area contributed by atoms with E-state index >= 15 is 0 Å². The molecular formula is C27H51NO9. The van der Waals surface area contributed by atoms with Crippen molar-refractivity contribution in [1.29, 1.82) is 0 Å². The maximum absolute atomic E-state index is 11.9. The van der Waals surface area contributed by atoms with E-state index in [0.717, 1.165) is 25.7 Å². The molecule has 0 rings (SSSR count). The molecule has 10 heteroatoms. The molecule has 0 aromatic rings. The summed E-state index contributed by atoms with van der Waals surface area (Å²) in [6.07, 6.45) is 10.9. The molecule has 0 saturated carbocycles. The number of nitrogens with one attached hydrogen (secondary N) is 1. The van der Waals surface area contributed by atoms with Gasteiger partial charge in [0, 0.05) is 0 Å². The minimum absolute atomic E-state index is 0.213. The van der Waals surface area contributed by atoms with Crippen molar-refractivity contribution in [2.24, 2.45) is 0 Å². The Hall–Kier alpha value is -1.56. The number of esters is 1. The summed E-state index contributed by atoms with van der Waals surface area (Å²) < 4.78 is 5.03. The van der Waals surface area contributed by atoms with Gasteiger partial charge in [-0.2, -0.15) is 0 Å². The molecular weight excluding hydrogens is 482 g/mol. The number of carbonyl (C=O) groups is 2. The standard InChI is InChI=1S/C27H51NO9/c1-2-3-4-5-6-7-8-9-10-11-12-13-14-15-16-17-18-37-22(31)19-28-27(36)26(35)25(34)24(33)23(32)21(30)20-29/h9-10,21,23-26,29-30,32-35H,2-8,11-20H2,1H3,(H,28,36)/b10-9-/t21-,23-,24-,25+,26-/m0/s1. The second kappa shape index (κ2) is 23.5. The topological polar surface area (TPSA) is 177 Å². The van der Waals surface area contributed by atoms with Crippen molar-refractivity contribution in [3.05, 3.63) is 12.2 Å². The van der Waals surface area contributed by atoms with Gasteiger partial charge < -0.3 is 40.7 Å². The molecule has 0 aromatic heterocycles. The zero-order chi connectivity index (χ0) is 27.9. The maximum Gasteiger partial charge on any atom is 0.325 e. The number of allylic oxidation sites excluding steroid dienone is 2. The lowest BCUT2D eigenvalue weighted by Gasteiger charge is -2.27. The summed E-state index contributed by atoms with van der Waals surface area (Å²) in [6.45, 7) is 1.02. The minimum atomic E-state index is -2.17. The molecule has 0 saturated heterocycles. The lowest BCUT2D eigenvalue weighted by atomic mass is 9.99. The van der Waals surface area contributed by atoms with E-state index in [9.17, 15) is 35.1 Å². The van der Waals surface area contributed by atoms with Gasteiger partial charge in [-0.3, -0.25) is 9.59 Å². The van der Waals surface area contributed by atoms with E-state index in [1.54, 1.807) is 0 Å². The minimum Gasteiger partial charge on any atom is -0.464 e. The van der Waals surface area contributed by atoms with Gasteiger partial charge in [-0.15, -0.1) is 0 Å². The van der Waals surface area contributed by atoms with Gasteiger partial charge in [-0.05, 0) is 32.1 Å². The number of hydrogen-bond acceptors (Lipinski definition) is 9. The number of carbonyl (C=O) groups excluding carboxylic acids is 2. The van der Waals surface area contributed by atoms with Gasteiger partial charge in [-0.25, -0.2) is 0 Å². The highest BCUT2D eigenvalue weighted by Crippen LogP contribution is 2.11. The van der Waals surface area contributed by atoms with Crippen LogP contribution in [0.15, 0.2) is 12.2 Å². The molecule has 0 spiro atoms. The van der Waals surface area contributed by atoms with Gasteiger partial charge in [0.1, 0.15) is 31.0 Å². The molecule has 0 unspecified atom stereocenters. The number of aliphatic hydroxyl groups excluding tert-OH is 6. The average Bonchev–Trinajstić information content (AvgIpc) is 2.91. The maximum atomic E-state index is 11.9. The molecule has 0 aromatic carbocycles. The largest absolute Gasteiger partial charge is 0.464 e. The summed E-state index contributed by atoms with van der Waals surface area (Å²) in [5, 5.41) is 58.9. The molecule has 0 aliphatic heterocycles. The van der Waals surface area contributed by atoms with Crippen molar-refractivity contribution in [1.82, 2.24) is 5.32 Å². The summed E-state index contributed by atoms with van der Waals surface area (Å²) in [5.41, 5.74) is 0. The van der Waals surface area contributed by atoms with Gasteiger partial charge in [0.25, 0.3) is 5.91 Å². The van der Waals surface area contributed by atoms with Crippen LogP contribution in [-0.2, 0) is 14.3 Å². The Kier molecular flexibility index (Phi) is 22.6. The van der Waals surface area contributed by atoms with Crippen molar-refractivity contribution in [3.63, 3.8) is 0 Å². The van der Waals surface area contributed by atoms with E-state index in [0.29, 0.717) is 6.42 Å². The fraction of sp³-hybridized carbons (Fsp3) is 0.852. The Morgan fingerprint density at radius 3 is 1.78 bits per heavy atom. The molecule has 0 bridgehead atoms. The van der Waals surface area contributed by atoms with Crippen LogP contribution in [0.5, 0.6) is 0 Å². The average molecular weight is 534 g/mol. The van der Waals surface area contributed by atoms with Crippen LogP contribution in [0, 0.1) is 0 Å². The molecule has 37 heavy (non-hydrogen) atoms. The lowest BCUT2D eigenvalue weighted by Crippen LogP contribution is -2.54. The first kappa shape index (κ1) is 35.4. The zero-order valence-electron chi connectivity index (χ0n) is 22.5. The summed E-state index contributed by atoms with van der Waals surface area (Å²) in [4.78, 5) is 23.6. The number of hydrogen-bond donors (Lipinski definition) is 7. The monoisotopic (exact) mass is 533 g/mol. The molecule has 0 heterocycles. The first-order chi connectivity index (χ1) is 17.8. The molecule has 1 amide bonds. The van der Waals surface area contributed by atoms with Crippen LogP contribution < -0.4 is 5.32 Å². The molecule has 10 nitrogen and oxygen atoms in total. The van der Waals surface area contributed by atoms with Gasteiger partial charge in [0.05, 0.1) is 13.2 Å². The summed E-state index contributed by atoms with van der Waals surface area (Å²) in [7, 11) is 0. The molecule has 0 aliphatic carbocycles. The highest BCUT2D eigenvalue weighted by atomic mass is 16.5. The molecule has 0 fully saturated rings. The first-order valence-corrected chi connectivity index (χ1v) is 13.9.